The molecule has 0 unspecified atom stereocenters. The fourth-order valence-corrected chi connectivity index (χ4v) is 3.05. The number of anilines is 1. The van der Waals surface area contributed by atoms with Gasteiger partial charge in [0.05, 0.1) is 5.52 Å². The van der Waals surface area contributed by atoms with Crippen molar-refractivity contribution in [3.05, 3.63) is 60.3 Å². The van der Waals surface area contributed by atoms with Crippen LogP contribution in [-0.4, -0.2) is 4.98 Å². The van der Waals surface area contributed by atoms with E-state index in [0.29, 0.717) is 0 Å². The van der Waals surface area contributed by atoms with Gasteiger partial charge in [0, 0.05) is 27.1 Å². The molecular formula is C16H14N2S. The molecule has 3 aromatic rings. The number of nitrogens with zero attached hydrogens (tertiary/aromatic N) is 1. The summed E-state index contributed by atoms with van der Waals surface area (Å²) in [7, 11) is 0. The van der Waals surface area contributed by atoms with Crippen LogP contribution in [0.15, 0.2) is 64.5 Å². The van der Waals surface area contributed by atoms with E-state index >= 15 is 0 Å². The molecule has 0 saturated carbocycles. The van der Waals surface area contributed by atoms with Crippen molar-refractivity contribution in [2.45, 2.75) is 16.7 Å². The van der Waals surface area contributed by atoms with Crippen molar-refractivity contribution in [3.63, 3.8) is 0 Å². The Morgan fingerprint density at radius 3 is 2.63 bits per heavy atom. The van der Waals surface area contributed by atoms with Crippen LogP contribution in [-0.2, 0) is 0 Å². The Balaban J connectivity index is 2.12. The first kappa shape index (κ1) is 12.1. The molecule has 2 nitrogen and oxygen atoms in total. The molecule has 0 bridgehead atoms. The number of aromatic nitrogens is 1. The first-order valence-electron chi connectivity index (χ1n) is 6.12. The zero-order chi connectivity index (χ0) is 13.2. The predicted molar refractivity (Wildman–Crippen MR) is 81.5 cm³/mol. The second-order valence-corrected chi connectivity index (χ2v) is 5.50. The van der Waals surface area contributed by atoms with Crippen LogP contribution in [0.1, 0.15) is 5.56 Å². The van der Waals surface area contributed by atoms with Crippen LogP contribution in [0.4, 0.5) is 5.69 Å². The van der Waals surface area contributed by atoms with E-state index in [1.165, 1.54) is 10.5 Å². The number of hydrogen-bond donors (Lipinski definition) is 1. The number of rotatable bonds is 2. The van der Waals surface area contributed by atoms with Crippen LogP contribution in [0.5, 0.6) is 0 Å². The Kier molecular flexibility index (Phi) is 3.13. The number of fused-ring (bicyclic) bond motifs is 1. The maximum atomic E-state index is 6.00. The molecular weight excluding hydrogens is 252 g/mol. The zero-order valence-electron chi connectivity index (χ0n) is 10.6. The summed E-state index contributed by atoms with van der Waals surface area (Å²) < 4.78 is 0. The van der Waals surface area contributed by atoms with E-state index in [0.717, 1.165) is 21.5 Å². The molecule has 19 heavy (non-hydrogen) atoms. The van der Waals surface area contributed by atoms with E-state index in [2.05, 4.69) is 36.2 Å². The first-order chi connectivity index (χ1) is 9.25. The number of benzene rings is 2. The summed E-state index contributed by atoms with van der Waals surface area (Å²) in [6, 6.07) is 16.3. The average molecular weight is 266 g/mol. The summed E-state index contributed by atoms with van der Waals surface area (Å²) in [4.78, 5) is 6.85. The third kappa shape index (κ3) is 2.29. The fraction of sp³-hybridized carbons (Fsp3) is 0.0625. The molecule has 3 rings (SSSR count). The molecule has 0 spiro atoms. The van der Waals surface area contributed by atoms with Crippen molar-refractivity contribution in [3.8, 4) is 0 Å². The van der Waals surface area contributed by atoms with Crippen molar-refractivity contribution < 1.29 is 0 Å². The number of nitrogens with two attached hydrogens (primary N) is 1. The van der Waals surface area contributed by atoms with Gasteiger partial charge in [0.25, 0.3) is 0 Å². The molecule has 0 fully saturated rings. The predicted octanol–water partition coefficient (Wildman–Crippen LogP) is 4.28. The van der Waals surface area contributed by atoms with Gasteiger partial charge in [-0.25, -0.2) is 0 Å². The van der Waals surface area contributed by atoms with Crippen LogP contribution >= 0.6 is 11.8 Å². The molecule has 0 amide bonds. The van der Waals surface area contributed by atoms with Gasteiger partial charge in [-0.1, -0.05) is 30.0 Å². The van der Waals surface area contributed by atoms with E-state index in [1.807, 2.05) is 30.5 Å². The monoisotopic (exact) mass is 266 g/mol. The van der Waals surface area contributed by atoms with Crippen molar-refractivity contribution in [1.29, 1.82) is 0 Å². The third-order valence-corrected chi connectivity index (χ3v) is 4.31. The summed E-state index contributed by atoms with van der Waals surface area (Å²) in [6.45, 7) is 2.12. The SMILES string of the molecule is Cc1ccccc1Sc1ccc(N)c2cccnc12. The highest BCUT2D eigenvalue weighted by atomic mass is 32.2. The first-order valence-corrected chi connectivity index (χ1v) is 6.94. The molecule has 0 atom stereocenters. The van der Waals surface area contributed by atoms with Gasteiger partial charge in [-0.3, -0.25) is 4.98 Å². The summed E-state index contributed by atoms with van der Waals surface area (Å²) in [5.41, 5.74) is 9.01. The van der Waals surface area contributed by atoms with Crippen molar-refractivity contribution in [2.24, 2.45) is 0 Å². The molecule has 2 aromatic carbocycles. The minimum Gasteiger partial charge on any atom is -0.398 e. The molecule has 2 N–H and O–H groups in total. The third-order valence-electron chi connectivity index (χ3n) is 3.08. The minimum absolute atomic E-state index is 0.775. The largest absolute Gasteiger partial charge is 0.398 e. The average Bonchev–Trinajstić information content (AvgIpc) is 2.44. The number of nitrogen functional groups attached to an aromatic ring is 1. The van der Waals surface area contributed by atoms with Crippen LogP contribution in [0.3, 0.4) is 0 Å². The number of aryl methyl sites for hydroxylation is 1. The Morgan fingerprint density at radius 1 is 0.947 bits per heavy atom. The topological polar surface area (TPSA) is 38.9 Å². The molecule has 0 saturated heterocycles. The molecule has 3 heteroatoms. The van der Waals surface area contributed by atoms with Gasteiger partial charge in [0.15, 0.2) is 0 Å². The highest BCUT2D eigenvalue weighted by Gasteiger charge is 2.07. The van der Waals surface area contributed by atoms with Gasteiger partial charge in [-0.15, -0.1) is 0 Å². The smallest absolute Gasteiger partial charge is 0.0861 e. The van der Waals surface area contributed by atoms with Crippen LogP contribution in [0.25, 0.3) is 10.9 Å². The highest BCUT2D eigenvalue weighted by Crippen LogP contribution is 2.35. The maximum absolute atomic E-state index is 6.00. The zero-order valence-corrected chi connectivity index (χ0v) is 11.4. The molecule has 0 aliphatic heterocycles. The van der Waals surface area contributed by atoms with Crippen molar-refractivity contribution in [2.75, 3.05) is 5.73 Å². The van der Waals surface area contributed by atoms with E-state index < -0.39 is 0 Å². The minimum atomic E-state index is 0.775. The van der Waals surface area contributed by atoms with Crippen LogP contribution in [0.2, 0.25) is 0 Å². The Hall–Kier alpha value is -2.00. The van der Waals surface area contributed by atoms with Gasteiger partial charge in [-0.2, -0.15) is 0 Å². The van der Waals surface area contributed by atoms with Gasteiger partial charge in [-0.05, 0) is 42.8 Å². The quantitative estimate of drug-likeness (QED) is 0.704. The van der Waals surface area contributed by atoms with Gasteiger partial charge >= 0.3 is 0 Å². The summed E-state index contributed by atoms with van der Waals surface area (Å²) in [6.07, 6.45) is 1.81. The summed E-state index contributed by atoms with van der Waals surface area (Å²) in [5, 5.41) is 1.01. The van der Waals surface area contributed by atoms with Crippen LogP contribution < -0.4 is 5.73 Å². The second kappa shape index (κ2) is 4.94. The van der Waals surface area contributed by atoms with Crippen molar-refractivity contribution >= 4 is 28.4 Å². The standard InChI is InChI=1S/C16H14N2S/c1-11-5-2-3-7-14(11)19-15-9-8-13(17)12-6-4-10-18-16(12)15/h2-10H,17H2,1H3. The lowest BCUT2D eigenvalue weighted by molar-refractivity contribution is 1.29. The van der Waals surface area contributed by atoms with E-state index in [9.17, 15) is 0 Å². The molecule has 0 aliphatic carbocycles. The Labute approximate surface area is 116 Å². The van der Waals surface area contributed by atoms with Gasteiger partial charge in [0.2, 0.25) is 0 Å². The molecule has 1 aromatic heterocycles. The lowest BCUT2D eigenvalue weighted by atomic mass is 10.2. The molecule has 0 aliphatic rings. The lowest BCUT2D eigenvalue weighted by Crippen LogP contribution is -1.90. The molecule has 0 radical (unpaired) electrons. The van der Waals surface area contributed by atoms with Crippen molar-refractivity contribution in [1.82, 2.24) is 4.98 Å². The molecule has 1 heterocycles. The molecule has 94 valence electrons. The summed E-state index contributed by atoms with van der Waals surface area (Å²) >= 11 is 1.73. The lowest BCUT2D eigenvalue weighted by Gasteiger charge is -2.09. The Morgan fingerprint density at radius 2 is 1.79 bits per heavy atom. The van der Waals surface area contributed by atoms with E-state index in [4.69, 9.17) is 5.73 Å². The Bertz CT molecular complexity index is 738. The number of hydrogen-bond acceptors (Lipinski definition) is 3. The number of pyridine rings is 1. The van der Waals surface area contributed by atoms with Gasteiger partial charge < -0.3 is 5.73 Å². The van der Waals surface area contributed by atoms with E-state index in [1.54, 1.807) is 11.8 Å². The normalized spacial score (nSPS) is 10.8. The maximum Gasteiger partial charge on any atom is 0.0861 e. The fourth-order valence-electron chi connectivity index (χ4n) is 2.04. The second-order valence-electron chi connectivity index (χ2n) is 4.42. The van der Waals surface area contributed by atoms with Gasteiger partial charge in [0.1, 0.15) is 0 Å². The van der Waals surface area contributed by atoms with Crippen LogP contribution in [0, 0.1) is 6.92 Å². The van der Waals surface area contributed by atoms with E-state index in [-0.39, 0.29) is 0 Å². The summed E-state index contributed by atoms with van der Waals surface area (Å²) in [5.74, 6) is 0. The highest BCUT2D eigenvalue weighted by molar-refractivity contribution is 7.99.